The van der Waals surface area contributed by atoms with Crippen molar-refractivity contribution in [2.45, 2.75) is 31.2 Å². The molecule has 7 nitrogen and oxygen atoms in total. The van der Waals surface area contributed by atoms with Crippen molar-refractivity contribution < 1.29 is 17.2 Å². The van der Waals surface area contributed by atoms with Crippen LogP contribution in [-0.2, 0) is 16.6 Å². The number of sulfonamides is 1. The Kier molecular flexibility index (Phi) is 4.99. The Hall–Kier alpha value is -2.59. The van der Waals surface area contributed by atoms with Crippen molar-refractivity contribution in [3.63, 3.8) is 0 Å². The van der Waals surface area contributed by atoms with E-state index in [-0.39, 0.29) is 22.7 Å². The van der Waals surface area contributed by atoms with E-state index in [4.69, 9.17) is 0 Å². The molecule has 2 aromatic heterocycles. The standard InChI is InChI=1S/C19H20F2N4O3S/c1-13-4-6-23(7-5-13)29(27,28)17-2-3-18-22-25(19(26)24(18)12-17)11-14-8-15(20)10-16(21)9-14/h2-3,8-10,12-13H,4-7,11H2,1H3. The van der Waals surface area contributed by atoms with Gasteiger partial charge in [-0.25, -0.2) is 31.1 Å². The Balaban J connectivity index is 1.68. The van der Waals surface area contributed by atoms with E-state index in [1.165, 1.54) is 22.6 Å². The number of fused-ring (bicyclic) bond motifs is 1. The molecular weight excluding hydrogens is 402 g/mol. The molecule has 0 N–H and O–H groups in total. The highest BCUT2D eigenvalue weighted by Crippen LogP contribution is 2.23. The van der Waals surface area contributed by atoms with E-state index in [1.54, 1.807) is 0 Å². The third-order valence-electron chi connectivity index (χ3n) is 5.18. The molecule has 1 fully saturated rings. The summed E-state index contributed by atoms with van der Waals surface area (Å²) in [7, 11) is -3.72. The number of aromatic nitrogens is 3. The van der Waals surface area contributed by atoms with Crippen LogP contribution in [0.4, 0.5) is 8.78 Å². The maximum Gasteiger partial charge on any atom is 0.350 e. The average Bonchev–Trinajstić information content (AvgIpc) is 2.96. The van der Waals surface area contributed by atoms with E-state index in [2.05, 4.69) is 12.0 Å². The molecule has 0 radical (unpaired) electrons. The van der Waals surface area contributed by atoms with Gasteiger partial charge in [-0.3, -0.25) is 0 Å². The van der Waals surface area contributed by atoms with E-state index in [9.17, 15) is 22.0 Å². The number of hydrogen-bond donors (Lipinski definition) is 0. The molecule has 3 heterocycles. The average molecular weight is 422 g/mol. The second-order valence-electron chi connectivity index (χ2n) is 7.40. The third-order valence-corrected chi connectivity index (χ3v) is 7.07. The maximum atomic E-state index is 13.4. The number of hydrogen-bond acceptors (Lipinski definition) is 4. The molecule has 29 heavy (non-hydrogen) atoms. The van der Waals surface area contributed by atoms with Gasteiger partial charge in [0.15, 0.2) is 5.65 Å². The summed E-state index contributed by atoms with van der Waals surface area (Å²) in [4.78, 5) is 12.7. The topological polar surface area (TPSA) is 76.7 Å². The highest BCUT2D eigenvalue weighted by molar-refractivity contribution is 7.89. The smallest absolute Gasteiger partial charge is 0.249 e. The zero-order valence-electron chi connectivity index (χ0n) is 15.8. The Morgan fingerprint density at radius 2 is 1.76 bits per heavy atom. The van der Waals surface area contributed by atoms with Crippen LogP contribution in [0.3, 0.4) is 0 Å². The molecule has 154 valence electrons. The highest BCUT2D eigenvalue weighted by atomic mass is 32.2. The zero-order valence-corrected chi connectivity index (χ0v) is 16.6. The molecule has 1 aromatic carbocycles. The minimum Gasteiger partial charge on any atom is -0.249 e. The van der Waals surface area contributed by atoms with Crippen LogP contribution in [0.25, 0.3) is 5.65 Å². The molecule has 0 unspecified atom stereocenters. The first-order valence-corrected chi connectivity index (χ1v) is 10.7. The zero-order chi connectivity index (χ0) is 20.8. The number of benzene rings is 1. The van der Waals surface area contributed by atoms with E-state index in [0.29, 0.717) is 19.0 Å². The summed E-state index contributed by atoms with van der Waals surface area (Å²) in [6.07, 6.45) is 2.84. The largest absolute Gasteiger partial charge is 0.350 e. The van der Waals surface area contributed by atoms with Crippen LogP contribution in [0.2, 0.25) is 0 Å². The number of rotatable bonds is 4. The van der Waals surface area contributed by atoms with Gasteiger partial charge in [-0.05, 0) is 48.6 Å². The predicted octanol–water partition coefficient (Wildman–Crippen LogP) is 2.24. The lowest BCUT2D eigenvalue weighted by Crippen LogP contribution is -2.38. The Morgan fingerprint density at radius 3 is 2.41 bits per heavy atom. The first kappa shape index (κ1) is 19.7. The second-order valence-corrected chi connectivity index (χ2v) is 9.34. The van der Waals surface area contributed by atoms with Crippen LogP contribution >= 0.6 is 0 Å². The highest BCUT2D eigenvalue weighted by Gasteiger charge is 2.28. The fourth-order valence-electron chi connectivity index (χ4n) is 3.50. The van der Waals surface area contributed by atoms with Crippen molar-refractivity contribution in [1.82, 2.24) is 18.5 Å². The summed E-state index contributed by atoms with van der Waals surface area (Å²) in [6.45, 7) is 2.84. The van der Waals surface area contributed by atoms with Gasteiger partial charge in [-0.2, -0.15) is 4.31 Å². The van der Waals surface area contributed by atoms with Crippen molar-refractivity contribution in [3.05, 3.63) is 64.2 Å². The van der Waals surface area contributed by atoms with Gasteiger partial charge in [-0.1, -0.05) is 6.92 Å². The van der Waals surface area contributed by atoms with Gasteiger partial charge < -0.3 is 0 Å². The van der Waals surface area contributed by atoms with Gasteiger partial charge in [0.1, 0.15) is 11.6 Å². The second kappa shape index (κ2) is 7.34. The van der Waals surface area contributed by atoms with E-state index in [1.807, 2.05) is 0 Å². The first-order valence-electron chi connectivity index (χ1n) is 9.28. The van der Waals surface area contributed by atoms with Crippen molar-refractivity contribution in [2.24, 2.45) is 5.92 Å². The molecule has 1 saturated heterocycles. The molecule has 10 heteroatoms. The monoisotopic (exact) mass is 422 g/mol. The summed E-state index contributed by atoms with van der Waals surface area (Å²) >= 11 is 0. The van der Waals surface area contributed by atoms with Crippen molar-refractivity contribution in [3.8, 4) is 0 Å². The van der Waals surface area contributed by atoms with E-state index >= 15 is 0 Å². The third kappa shape index (κ3) is 3.82. The summed E-state index contributed by atoms with van der Waals surface area (Å²) in [5.41, 5.74) is -0.102. The van der Waals surface area contributed by atoms with Gasteiger partial charge >= 0.3 is 5.69 Å². The minimum absolute atomic E-state index is 0.0120. The fraction of sp³-hybridized carbons (Fsp3) is 0.368. The molecule has 0 saturated carbocycles. The Labute approximate surface area is 166 Å². The van der Waals surface area contributed by atoms with Crippen LogP contribution in [0, 0.1) is 17.6 Å². The van der Waals surface area contributed by atoms with Gasteiger partial charge in [0.2, 0.25) is 10.0 Å². The fourth-order valence-corrected chi connectivity index (χ4v) is 4.97. The van der Waals surface area contributed by atoms with Gasteiger partial charge in [0.05, 0.1) is 11.4 Å². The summed E-state index contributed by atoms with van der Waals surface area (Å²) in [6, 6.07) is 5.85. The normalized spacial score (nSPS) is 16.5. The Morgan fingerprint density at radius 1 is 1.10 bits per heavy atom. The summed E-state index contributed by atoms with van der Waals surface area (Å²) in [5.74, 6) is -1.01. The van der Waals surface area contributed by atoms with Crippen LogP contribution in [0.15, 0.2) is 46.2 Å². The van der Waals surface area contributed by atoms with Crippen LogP contribution in [-0.4, -0.2) is 40.0 Å². The van der Waals surface area contributed by atoms with Gasteiger partial charge in [-0.15, -0.1) is 5.10 Å². The summed E-state index contributed by atoms with van der Waals surface area (Å²) < 4.78 is 56.2. The van der Waals surface area contributed by atoms with Gasteiger partial charge in [0.25, 0.3) is 0 Å². The van der Waals surface area contributed by atoms with Crippen molar-refractivity contribution in [1.29, 1.82) is 0 Å². The maximum absolute atomic E-state index is 13.4. The number of piperidine rings is 1. The molecule has 4 rings (SSSR count). The minimum atomic E-state index is -3.72. The summed E-state index contributed by atoms with van der Waals surface area (Å²) in [5, 5.41) is 4.13. The number of pyridine rings is 1. The molecule has 0 aliphatic carbocycles. The van der Waals surface area contributed by atoms with E-state index in [0.717, 1.165) is 40.1 Å². The lowest BCUT2D eigenvalue weighted by Gasteiger charge is -2.29. The van der Waals surface area contributed by atoms with Crippen molar-refractivity contribution >= 4 is 15.7 Å². The van der Waals surface area contributed by atoms with Crippen molar-refractivity contribution in [2.75, 3.05) is 13.1 Å². The quantitative estimate of drug-likeness (QED) is 0.646. The molecular formula is C19H20F2N4O3S. The molecule has 0 amide bonds. The Bertz CT molecular complexity index is 1210. The van der Waals surface area contributed by atoms with Crippen LogP contribution in [0.1, 0.15) is 25.3 Å². The van der Waals surface area contributed by atoms with E-state index < -0.39 is 27.3 Å². The SMILES string of the molecule is CC1CCN(S(=O)(=O)c2ccc3nn(Cc4cc(F)cc(F)c4)c(=O)n3c2)CC1. The number of halogens is 2. The molecule has 0 bridgehead atoms. The predicted molar refractivity (Wildman–Crippen MR) is 102 cm³/mol. The molecule has 0 atom stereocenters. The molecule has 1 aliphatic rings. The molecule has 0 spiro atoms. The van der Waals surface area contributed by atoms with Gasteiger partial charge in [0, 0.05) is 25.4 Å². The molecule has 3 aromatic rings. The first-order chi connectivity index (χ1) is 13.7. The lowest BCUT2D eigenvalue weighted by atomic mass is 10.0. The number of nitrogens with zero attached hydrogens (tertiary/aromatic N) is 4. The van der Waals surface area contributed by atoms with Crippen LogP contribution in [0.5, 0.6) is 0 Å². The van der Waals surface area contributed by atoms with Crippen LogP contribution < -0.4 is 5.69 Å². The lowest BCUT2D eigenvalue weighted by molar-refractivity contribution is 0.288. The molecule has 1 aliphatic heterocycles.